The molecule has 2 aromatic heterocycles. The summed E-state index contributed by atoms with van der Waals surface area (Å²) in [6.07, 6.45) is 1.41. The van der Waals surface area contributed by atoms with Crippen LogP contribution in [0.5, 0.6) is 0 Å². The highest BCUT2D eigenvalue weighted by molar-refractivity contribution is 7.13. The third kappa shape index (κ3) is 3.70. The second-order valence-electron chi connectivity index (χ2n) is 6.41. The molecule has 0 bridgehead atoms. The monoisotopic (exact) mass is 352 g/mol. The smallest absolute Gasteiger partial charge is 0.130 e. The van der Waals surface area contributed by atoms with E-state index >= 15 is 0 Å². The van der Waals surface area contributed by atoms with Gasteiger partial charge in [-0.3, -0.25) is 0 Å². The van der Waals surface area contributed by atoms with E-state index in [9.17, 15) is 5.11 Å². The highest BCUT2D eigenvalue weighted by atomic mass is 32.1. The molecule has 1 saturated carbocycles. The Morgan fingerprint density at radius 2 is 1.96 bits per heavy atom. The van der Waals surface area contributed by atoms with E-state index in [1.807, 2.05) is 31.2 Å². The Labute approximate surface area is 150 Å². The summed E-state index contributed by atoms with van der Waals surface area (Å²) in [5.41, 5.74) is 3.16. The molecule has 0 radical (unpaired) electrons. The van der Waals surface area contributed by atoms with Crippen molar-refractivity contribution < 1.29 is 5.11 Å². The van der Waals surface area contributed by atoms with Crippen LogP contribution in [0.4, 0.5) is 5.82 Å². The van der Waals surface area contributed by atoms with E-state index in [2.05, 4.69) is 32.8 Å². The summed E-state index contributed by atoms with van der Waals surface area (Å²) >= 11 is 1.65. The van der Waals surface area contributed by atoms with Gasteiger partial charge in [0.05, 0.1) is 18.3 Å². The van der Waals surface area contributed by atoms with Crippen LogP contribution in [-0.4, -0.2) is 26.2 Å². The minimum atomic E-state index is -0.178. The minimum absolute atomic E-state index is 0.178. The van der Waals surface area contributed by atoms with Gasteiger partial charge in [-0.15, -0.1) is 11.3 Å². The van der Waals surface area contributed by atoms with Crippen LogP contribution in [0.25, 0.3) is 10.6 Å². The molecule has 3 aromatic rings. The number of thiazole rings is 1. The molecule has 0 atom stereocenters. The van der Waals surface area contributed by atoms with Crippen LogP contribution in [0.1, 0.15) is 36.0 Å². The summed E-state index contributed by atoms with van der Waals surface area (Å²) in [4.78, 5) is 13.7. The molecule has 2 heterocycles. The summed E-state index contributed by atoms with van der Waals surface area (Å²) in [5, 5.41) is 16.0. The predicted octanol–water partition coefficient (Wildman–Crippen LogP) is 3.76. The van der Waals surface area contributed by atoms with Crippen molar-refractivity contribution in [3.63, 3.8) is 0 Å². The molecule has 128 valence electrons. The number of nitrogens with one attached hydrogen (secondary N) is 1. The number of anilines is 1. The minimum Gasteiger partial charge on any atom is -0.393 e. The highest BCUT2D eigenvalue weighted by Gasteiger charge is 2.30. The first kappa shape index (κ1) is 16.2. The zero-order valence-electron chi connectivity index (χ0n) is 14.0. The first-order valence-electron chi connectivity index (χ1n) is 8.45. The number of aliphatic hydroxyl groups is 1. The van der Waals surface area contributed by atoms with Gasteiger partial charge < -0.3 is 10.4 Å². The average molecular weight is 352 g/mol. The molecular formula is C19H20N4OS. The number of aliphatic hydroxyl groups excluding tert-OH is 1. The molecular weight excluding hydrogens is 332 g/mol. The fourth-order valence-electron chi connectivity index (χ4n) is 3.00. The quantitative estimate of drug-likeness (QED) is 0.731. The molecule has 1 aromatic carbocycles. The number of hydrogen-bond donors (Lipinski definition) is 2. The fourth-order valence-corrected chi connectivity index (χ4v) is 3.83. The van der Waals surface area contributed by atoms with Crippen molar-refractivity contribution in [3.8, 4) is 10.6 Å². The van der Waals surface area contributed by atoms with Gasteiger partial charge in [0, 0.05) is 28.6 Å². The largest absolute Gasteiger partial charge is 0.393 e. The van der Waals surface area contributed by atoms with Crippen LogP contribution in [-0.2, 0) is 6.54 Å². The third-order valence-electron chi connectivity index (χ3n) is 4.41. The van der Waals surface area contributed by atoms with Crippen molar-refractivity contribution in [1.29, 1.82) is 0 Å². The second-order valence-corrected chi connectivity index (χ2v) is 7.27. The molecule has 1 fully saturated rings. The first-order valence-corrected chi connectivity index (χ1v) is 9.32. The number of benzene rings is 1. The molecule has 0 aliphatic heterocycles. The van der Waals surface area contributed by atoms with Crippen LogP contribution in [0.3, 0.4) is 0 Å². The van der Waals surface area contributed by atoms with E-state index in [0.717, 1.165) is 46.4 Å². The van der Waals surface area contributed by atoms with Crippen LogP contribution in [0, 0.1) is 6.92 Å². The lowest BCUT2D eigenvalue weighted by atomic mass is 9.80. The molecule has 1 aliphatic rings. The van der Waals surface area contributed by atoms with Crippen LogP contribution in [0.2, 0.25) is 0 Å². The second kappa shape index (κ2) is 6.90. The van der Waals surface area contributed by atoms with E-state index in [4.69, 9.17) is 4.98 Å². The number of nitrogens with zero attached hydrogens (tertiary/aromatic N) is 3. The summed E-state index contributed by atoms with van der Waals surface area (Å²) in [6, 6.07) is 12.2. The summed E-state index contributed by atoms with van der Waals surface area (Å²) in [5.74, 6) is 1.92. The Bertz CT molecular complexity index is 859. The lowest BCUT2D eigenvalue weighted by Crippen LogP contribution is -2.27. The molecule has 6 heteroatoms. The Morgan fingerprint density at radius 1 is 1.16 bits per heavy atom. The highest BCUT2D eigenvalue weighted by Crippen LogP contribution is 2.36. The molecule has 25 heavy (non-hydrogen) atoms. The van der Waals surface area contributed by atoms with E-state index < -0.39 is 0 Å². The van der Waals surface area contributed by atoms with Crippen LogP contribution < -0.4 is 5.32 Å². The number of aryl methyl sites for hydroxylation is 1. The summed E-state index contributed by atoms with van der Waals surface area (Å²) in [7, 11) is 0. The summed E-state index contributed by atoms with van der Waals surface area (Å²) < 4.78 is 0. The number of hydrogen-bond acceptors (Lipinski definition) is 6. The van der Waals surface area contributed by atoms with Gasteiger partial charge in [-0.05, 0) is 19.8 Å². The normalized spacial score (nSPS) is 19.4. The van der Waals surface area contributed by atoms with Crippen LogP contribution >= 0.6 is 11.3 Å². The molecule has 0 saturated heterocycles. The Hall–Kier alpha value is -2.31. The zero-order valence-corrected chi connectivity index (χ0v) is 14.8. The van der Waals surface area contributed by atoms with Crippen LogP contribution in [0.15, 0.2) is 41.8 Å². The van der Waals surface area contributed by atoms with Crippen molar-refractivity contribution in [3.05, 3.63) is 59.0 Å². The van der Waals surface area contributed by atoms with E-state index in [0.29, 0.717) is 12.5 Å². The third-order valence-corrected chi connectivity index (χ3v) is 5.35. The van der Waals surface area contributed by atoms with Gasteiger partial charge in [0.2, 0.25) is 0 Å². The molecule has 0 spiro atoms. The Balaban J connectivity index is 1.44. The molecule has 2 N–H and O–H groups in total. The topological polar surface area (TPSA) is 70.9 Å². The van der Waals surface area contributed by atoms with Gasteiger partial charge in [-0.25, -0.2) is 15.0 Å². The standard InChI is InChI=1S/C19H20N4OS/c1-12-21-17(14-7-16(24)8-14)9-18(22-12)20-10-15-11-25-19(23-15)13-5-3-2-4-6-13/h2-6,9,11,14,16,24H,7-8,10H2,1H3,(H,20,21,22). The van der Waals surface area contributed by atoms with Gasteiger partial charge in [0.1, 0.15) is 16.6 Å². The first-order chi connectivity index (χ1) is 12.2. The van der Waals surface area contributed by atoms with E-state index in [1.54, 1.807) is 11.3 Å². The van der Waals surface area contributed by atoms with Crippen molar-refractivity contribution >= 4 is 17.2 Å². The maximum Gasteiger partial charge on any atom is 0.130 e. The van der Waals surface area contributed by atoms with E-state index in [-0.39, 0.29) is 6.10 Å². The SMILES string of the molecule is Cc1nc(NCc2csc(-c3ccccc3)n2)cc(C2CC(O)C2)n1. The van der Waals surface area contributed by atoms with Gasteiger partial charge in [0.15, 0.2) is 0 Å². The lowest BCUT2D eigenvalue weighted by Gasteiger charge is -2.31. The molecule has 0 unspecified atom stereocenters. The van der Waals surface area contributed by atoms with Crippen molar-refractivity contribution in [2.45, 2.75) is 38.3 Å². The zero-order chi connectivity index (χ0) is 17.2. The van der Waals surface area contributed by atoms with E-state index in [1.165, 1.54) is 0 Å². The number of rotatable bonds is 5. The number of aromatic nitrogens is 3. The van der Waals surface area contributed by atoms with Crippen molar-refractivity contribution in [2.75, 3.05) is 5.32 Å². The van der Waals surface area contributed by atoms with Crippen molar-refractivity contribution in [2.24, 2.45) is 0 Å². The summed E-state index contributed by atoms with van der Waals surface area (Å²) in [6.45, 7) is 2.53. The predicted molar refractivity (Wildman–Crippen MR) is 99.6 cm³/mol. The Kier molecular flexibility index (Phi) is 4.46. The molecule has 5 nitrogen and oxygen atoms in total. The Morgan fingerprint density at radius 3 is 2.72 bits per heavy atom. The van der Waals surface area contributed by atoms with Gasteiger partial charge in [-0.2, -0.15) is 0 Å². The fraction of sp³-hybridized carbons (Fsp3) is 0.316. The molecule has 0 amide bonds. The average Bonchev–Trinajstić information content (AvgIpc) is 3.06. The maximum atomic E-state index is 9.50. The van der Waals surface area contributed by atoms with Gasteiger partial charge in [-0.1, -0.05) is 30.3 Å². The molecule has 4 rings (SSSR count). The lowest BCUT2D eigenvalue weighted by molar-refractivity contribution is 0.0731. The molecule has 1 aliphatic carbocycles. The van der Waals surface area contributed by atoms with Gasteiger partial charge in [0.25, 0.3) is 0 Å². The van der Waals surface area contributed by atoms with Crippen molar-refractivity contribution in [1.82, 2.24) is 15.0 Å². The van der Waals surface area contributed by atoms with Gasteiger partial charge >= 0.3 is 0 Å². The maximum absolute atomic E-state index is 9.50.